The molecule has 1 unspecified atom stereocenters. The van der Waals surface area contributed by atoms with Crippen LogP contribution < -0.4 is 10.1 Å². The summed E-state index contributed by atoms with van der Waals surface area (Å²) in [6, 6.07) is 10.9. The molecule has 1 aromatic carbocycles. The van der Waals surface area contributed by atoms with Crippen molar-refractivity contribution in [2.75, 3.05) is 0 Å². The highest BCUT2D eigenvalue weighted by Gasteiger charge is 2.09. The molecule has 0 aliphatic heterocycles. The summed E-state index contributed by atoms with van der Waals surface area (Å²) in [6.07, 6.45) is 0. The van der Waals surface area contributed by atoms with E-state index in [1.807, 2.05) is 25.1 Å². The molecule has 0 radical (unpaired) electrons. The van der Waals surface area contributed by atoms with Crippen LogP contribution in [-0.4, -0.2) is 6.61 Å². The molecule has 0 spiro atoms. The van der Waals surface area contributed by atoms with Gasteiger partial charge in [0.2, 0.25) is 0 Å². The van der Waals surface area contributed by atoms with Crippen LogP contribution in [0.25, 0.3) is 0 Å². The lowest BCUT2D eigenvalue weighted by molar-refractivity contribution is -0.0499. The molecular weight excluding hydrogens is 348 g/mol. The molecular formula is C14H14BrF2NOS. The highest BCUT2D eigenvalue weighted by atomic mass is 79.9. The number of nitrogens with one attached hydrogen (secondary N) is 1. The molecule has 1 heterocycles. The first kappa shape index (κ1) is 15.4. The molecule has 0 saturated carbocycles. The lowest BCUT2D eigenvalue weighted by atomic mass is 10.1. The van der Waals surface area contributed by atoms with Gasteiger partial charge in [-0.2, -0.15) is 8.78 Å². The second-order valence-electron chi connectivity index (χ2n) is 4.26. The molecule has 108 valence electrons. The van der Waals surface area contributed by atoms with Crippen LogP contribution in [0.2, 0.25) is 0 Å². The molecule has 2 nitrogen and oxygen atoms in total. The molecule has 1 atom stereocenters. The molecule has 0 saturated heterocycles. The van der Waals surface area contributed by atoms with E-state index in [1.54, 1.807) is 23.5 Å². The lowest BCUT2D eigenvalue weighted by Gasteiger charge is -2.15. The fraction of sp³-hybridized carbons (Fsp3) is 0.286. The van der Waals surface area contributed by atoms with Crippen molar-refractivity contribution in [2.45, 2.75) is 26.1 Å². The predicted octanol–water partition coefficient (Wildman–Crippen LogP) is 4.96. The first-order valence-electron chi connectivity index (χ1n) is 6.07. The molecule has 0 amide bonds. The Kier molecular flexibility index (Phi) is 5.51. The van der Waals surface area contributed by atoms with Gasteiger partial charge in [-0.15, -0.1) is 11.3 Å². The molecule has 0 aliphatic rings. The third-order valence-corrected chi connectivity index (χ3v) is 4.42. The standard InChI is InChI=1S/C14H14BrF2NOS/c1-9(18-8-12-5-6-13(15)20-12)10-3-2-4-11(7-10)19-14(16)17/h2-7,9,14,18H,8H2,1H3. The minimum absolute atomic E-state index is 0.0529. The molecule has 1 aromatic heterocycles. The maximum atomic E-state index is 12.2. The summed E-state index contributed by atoms with van der Waals surface area (Å²) < 4.78 is 29.9. The van der Waals surface area contributed by atoms with E-state index in [0.29, 0.717) is 0 Å². The molecule has 6 heteroatoms. The van der Waals surface area contributed by atoms with Crippen LogP contribution in [0.3, 0.4) is 0 Å². The fourth-order valence-electron chi connectivity index (χ4n) is 1.78. The van der Waals surface area contributed by atoms with Gasteiger partial charge in [0, 0.05) is 17.5 Å². The third-order valence-electron chi connectivity index (χ3n) is 2.79. The number of ether oxygens (including phenoxy) is 1. The van der Waals surface area contributed by atoms with E-state index in [0.717, 1.165) is 15.9 Å². The van der Waals surface area contributed by atoms with Gasteiger partial charge in [-0.1, -0.05) is 12.1 Å². The average molecular weight is 362 g/mol. The Morgan fingerprint density at radius 2 is 2.10 bits per heavy atom. The van der Waals surface area contributed by atoms with E-state index in [2.05, 4.69) is 26.0 Å². The Hall–Kier alpha value is -0.980. The summed E-state index contributed by atoms with van der Waals surface area (Å²) in [6.45, 7) is -0.0707. The van der Waals surface area contributed by atoms with E-state index in [4.69, 9.17) is 0 Å². The highest BCUT2D eigenvalue weighted by Crippen LogP contribution is 2.24. The zero-order chi connectivity index (χ0) is 14.5. The monoisotopic (exact) mass is 361 g/mol. The van der Waals surface area contributed by atoms with Crippen LogP contribution in [-0.2, 0) is 6.54 Å². The number of alkyl halides is 2. The van der Waals surface area contributed by atoms with Crippen molar-refractivity contribution in [1.29, 1.82) is 0 Å². The quantitative estimate of drug-likeness (QED) is 0.784. The van der Waals surface area contributed by atoms with Gasteiger partial charge < -0.3 is 10.1 Å². The first-order chi connectivity index (χ1) is 9.54. The smallest absolute Gasteiger partial charge is 0.387 e. The van der Waals surface area contributed by atoms with Crippen molar-refractivity contribution in [2.24, 2.45) is 0 Å². The van der Waals surface area contributed by atoms with Crippen molar-refractivity contribution in [1.82, 2.24) is 5.32 Å². The number of benzene rings is 1. The Balaban J connectivity index is 1.96. The second-order valence-corrected chi connectivity index (χ2v) is 6.81. The molecule has 20 heavy (non-hydrogen) atoms. The minimum Gasteiger partial charge on any atom is -0.435 e. The van der Waals surface area contributed by atoms with Crippen molar-refractivity contribution in [3.05, 3.63) is 50.6 Å². The van der Waals surface area contributed by atoms with E-state index >= 15 is 0 Å². The van der Waals surface area contributed by atoms with Gasteiger partial charge in [-0.25, -0.2) is 0 Å². The van der Waals surface area contributed by atoms with Crippen molar-refractivity contribution in [3.63, 3.8) is 0 Å². The Morgan fingerprint density at radius 3 is 2.75 bits per heavy atom. The van der Waals surface area contributed by atoms with Gasteiger partial charge in [0.1, 0.15) is 5.75 Å². The minimum atomic E-state index is -2.79. The van der Waals surface area contributed by atoms with Gasteiger partial charge >= 0.3 is 6.61 Å². The normalized spacial score (nSPS) is 12.7. The summed E-state index contributed by atoms with van der Waals surface area (Å²) >= 11 is 5.09. The van der Waals surface area contributed by atoms with Gasteiger partial charge in [0.15, 0.2) is 0 Å². The third kappa shape index (κ3) is 4.54. The zero-order valence-electron chi connectivity index (χ0n) is 10.8. The van der Waals surface area contributed by atoms with E-state index < -0.39 is 6.61 Å². The SMILES string of the molecule is CC(NCc1ccc(Br)s1)c1cccc(OC(F)F)c1. The fourth-order valence-corrected chi connectivity index (χ4v) is 3.21. The maximum absolute atomic E-state index is 12.2. The van der Waals surface area contributed by atoms with Crippen LogP contribution in [0.1, 0.15) is 23.4 Å². The van der Waals surface area contributed by atoms with Crippen LogP contribution in [0.5, 0.6) is 5.75 Å². The Morgan fingerprint density at radius 1 is 1.30 bits per heavy atom. The maximum Gasteiger partial charge on any atom is 0.387 e. The summed E-state index contributed by atoms with van der Waals surface area (Å²) in [5.74, 6) is 0.185. The van der Waals surface area contributed by atoms with Gasteiger partial charge in [0.25, 0.3) is 0 Å². The van der Waals surface area contributed by atoms with E-state index in [-0.39, 0.29) is 11.8 Å². The van der Waals surface area contributed by atoms with Crippen LogP contribution in [0, 0.1) is 0 Å². The van der Waals surface area contributed by atoms with Crippen molar-refractivity contribution in [3.8, 4) is 5.75 Å². The van der Waals surface area contributed by atoms with E-state index in [9.17, 15) is 8.78 Å². The molecule has 0 bridgehead atoms. The van der Waals surface area contributed by atoms with Crippen LogP contribution in [0.4, 0.5) is 8.78 Å². The highest BCUT2D eigenvalue weighted by molar-refractivity contribution is 9.11. The number of thiophene rings is 1. The Bertz CT molecular complexity index is 562. The van der Waals surface area contributed by atoms with Gasteiger partial charge in [0.05, 0.1) is 3.79 Å². The first-order valence-corrected chi connectivity index (χ1v) is 7.68. The largest absolute Gasteiger partial charge is 0.435 e. The second kappa shape index (κ2) is 7.15. The predicted molar refractivity (Wildman–Crippen MR) is 80.3 cm³/mol. The Labute approximate surface area is 128 Å². The van der Waals surface area contributed by atoms with E-state index in [1.165, 1.54) is 10.9 Å². The number of hydrogen-bond acceptors (Lipinski definition) is 3. The summed E-state index contributed by atoms with van der Waals surface area (Å²) in [7, 11) is 0. The molecule has 2 rings (SSSR count). The lowest BCUT2D eigenvalue weighted by Crippen LogP contribution is -2.17. The zero-order valence-corrected chi connectivity index (χ0v) is 13.2. The number of rotatable bonds is 6. The molecule has 0 fully saturated rings. The summed E-state index contributed by atoms with van der Waals surface area (Å²) in [5.41, 5.74) is 0.916. The van der Waals surface area contributed by atoms with Crippen LogP contribution >= 0.6 is 27.3 Å². The van der Waals surface area contributed by atoms with Crippen LogP contribution in [0.15, 0.2) is 40.2 Å². The summed E-state index contributed by atoms with van der Waals surface area (Å²) in [4.78, 5) is 1.21. The topological polar surface area (TPSA) is 21.3 Å². The molecule has 0 aliphatic carbocycles. The van der Waals surface area contributed by atoms with Gasteiger partial charge in [-0.05, 0) is 52.7 Å². The van der Waals surface area contributed by atoms with Crippen molar-refractivity contribution >= 4 is 27.3 Å². The number of halogens is 3. The molecule has 1 N–H and O–H groups in total. The summed E-state index contributed by atoms with van der Waals surface area (Å²) in [5, 5.41) is 3.36. The van der Waals surface area contributed by atoms with Gasteiger partial charge in [-0.3, -0.25) is 0 Å². The van der Waals surface area contributed by atoms with Crippen molar-refractivity contribution < 1.29 is 13.5 Å². The molecule has 2 aromatic rings. The number of hydrogen-bond donors (Lipinski definition) is 1. The average Bonchev–Trinajstić information content (AvgIpc) is 2.81.